The van der Waals surface area contributed by atoms with Gasteiger partial charge in [-0.15, -0.1) is 0 Å². The van der Waals surface area contributed by atoms with Crippen molar-refractivity contribution in [2.45, 2.75) is 58.0 Å². The Morgan fingerprint density at radius 2 is 1.95 bits per heavy atom. The molecular formula is C13H27N3O2S. The maximum absolute atomic E-state index is 12.8. The molecule has 1 aliphatic carbocycles. The molecule has 112 valence electrons. The van der Waals surface area contributed by atoms with E-state index >= 15 is 0 Å². The van der Waals surface area contributed by atoms with Crippen LogP contribution >= 0.6 is 0 Å². The zero-order chi connectivity index (χ0) is 13.9. The van der Waals surface area contributed by atoms with Gasteiger partial charge in [-0.05, 0) is 32.2 Å². The zero-order valence-electron chi connectivity index (χ0n) is 12.1. The minimum absolute atomic E-state index is 0.131. The minimum Gasteiger partial charge on any atom is -0.315 e. The summed E-state index contributed by atoms with van der Waals surface area (Å²) in [6.45, 7) is 6.95. The van der Waals surface area contributed by atoms with Gasteiger partial charge in [0.25, 0.3) is 10.2 Å². The van der Waals surface area contributed by atoms with Gasteiger partial charge < -0.3 is 5.32 Å². The Bertz CT molecular complexity index is 381. The first-order valence-corrected chi connectivity index (χ1v) is 9.00. The molecule has 1 N–H and O–H groups in total. The second-order valence-corrected chi connectivity index (χ2v) is 7.34. The van der Waals surface area contributed by atoms with Gasteiger partial charge in [0.2, 0.25) is 0 Å². The summed E-state index contributed by atoms with van der Waals surface area (Å²) < 4.78 is 29.0. The molecule has 2 aliphatic rings. The molecule has 2 rings (SSSR count). The van der Waals surface area contributed by atoms with Gasteiger partial charge in [-0.1, -0.05) is 20.3 Å². The Morgan fingerprint density at radius 1 is 1.21 bits per heavy atom. The second kappa shape index (κ2) is 6.52. The highest BCUT2D eigenvalue weighted by Crippen LogP contribution is 2.32. The Morgan fingerprint density at radius 3 is 2.53 bits per heavy atom. The van der Waals surface area contributed by atoms with Gasteiger partial charge in [0, 0.05) is 31.7 Å². The molecule has 0 radical (unpaired) electrons. The average molecular weight is 289 g/mol. The number of hydrogen-bond donors (Lipinski definition) is 1. The van der Waals surface area contributed by atoms with Gasteiger partial charge in [0.05, 0.1) is 0 Å². The van der Waals surface area contributed by atoms with Gasteiger partial charge in [0.15, 0.2) is 0 Å². The lowest BCUT2D eigenvalue weighted by atomic mass is 10.1. The van der Waals surface area contributed by atoms with Crippen LogP contribution in [0.5, 0.6) is 0 Å². The third-order valence-corrected chi connectivity index (χ3v) is 6.28. The molecule has 0 amide bonds. The number of likely N-dealkylation sites (N-methyl/N-ethyl adjacent to an activating group) is 1. The van der Waals surface area contributed by atoms with Gasteiger partial charge in [-0.2, -0.15) is 17.0 Å². The second-order valence-electron chi connectivity index (χ2n) is 5.51. The van der Waals surface area contributed by atoms with Gasteiger partial charge in [-0.25, -0.2) is 0 Å². The molecule has 19 heavy (non-hydrogen) atoms. The molecule has 1 aliphatic heterocycles. The normalized spacial score (nSPS) is 25.9. The molecule has 0 aromatic rings. The van der Waals surface area contributed by atoms with Crippen LogP contribution in [0.2, 0.25) is 0 Å². The van der Waals surface area contributed by atoms with E-state index in [4.69, 9.17) is 0 Å². The number of nitrogens with one attached hydrogen (secondary N) is 1. The van der Waals surface area contributed by atoms with Gasteiger partial charge >= 0.3 is 0 Å². The van der Waals surface area contributed by atoms with Crippen molar-refractivity contribution in [3.05, 3.63) is 0 Å². The predicted molar refractivity (Wildman–Crippen MR) is 77.2 cm³/mol. The molecule has 1 saturated heterocycles. The molecule has 0 spiro atoms. The van der Waals surface area contributed by atoms with Crippen molar-refractivity contribution in [2.75, 3.05) is 26.2 Å². The lowest BCUT2D eigenvalue weighted by Crippen LogP contribution is -2.54. The van der Waals surface area contributed by atoms with E-state index in [1.54, 1.807) is 8.61 Å². The van der Waals surface area contributed by atoms with E-state index in [1.165, 1.54) is 0 Å². The quantitative estimate of drug-likeness (QED) is 0.766. The number of piperidine rings is 1. The first kappa shape index (κ1) is 15.2. The molecule has 0 aromatic heterocycles. The Balaban J connectivity index is 2.10. The lowest BCUT2D eigenvalue weighted by Gasteiger charge is -2.38. The smallest absolute Gasteiger partial charge is 0.282 e. The maximum Gasteiger partial charge on any atom is 0.282 e. The standard InChI is InChI=1S/C13H27N3O2S/c1-3-14-11-13-7-5-6-10-16(13)19(17,18)15(4-2)12-8-9-12/h12-14H,3-11H2,1-2H3. The molecule has 1 saturated carbocycles. The summed E-state index contributed by atoms with van der Waals surface area (Å²) in [7, 11) is -3.26. The van der Waals surface area contributed by atoms with E-state index in [0.717, 1.165) is 45.2 Å². The highest BCUT2D eigenvalue weighted by atomic mass is 32.2. The van der Waals surface area contributed by atoms with Crippen molar-refractivity contribution in [2.24, 2.45) is 0 Å². The minimum atomic E-state index is -3.26. The van der Waals surface area contributed by atoms with Gasteiger partial charge in [-0.3, -0.25) is 0 Å². The van der Waals surface area contributed by atoms with E-state index in [1.807, 2.05) is 6.92 Å². The third-order valence-electron chi connectivity index (χ3n) is 4.06. The largest absolute Gasteiger partial charge is 0.315 e. The summed E-state index contributed by atoms with van der Waals surface area (Å²) in [5.74, 6) is 0. The number of nitrogens with zero attached hydrogens (tertiary/aromatic N) is 2. The Kier molecular flexibility index (Phi) is 5.22. The van der Waals surface area contributed by atoms with Crippen LogP contribution in [0.3, 0.4) is 0 Å². The Labute approximate surface area is 117 Å². The summed E-state index contributed by atoms with van der Waals surface area (Å²) in [5.41, 5.74) is 0. The molecule has 1 heterocycles. The van der Waals surface area contributed by atoms with Crippen LogP contribution in [-0.2, 0) is 10.2 Å². The van der Waals surface area contributed by atoms with Crippen molar-refractivity contribution >= 4 is 10.2 Å². The van der Waals surface area contributed by atoms with Gasteiger partial charge in [0.1, 0.15) is 0 Å². The summed E-state index contributed by atoms with van der Waals surface area (Å²) in [6, 6.07) is 0.392. The Hall–Kier alpha value is -0.170. The first-order valence-electron chi connectivity index (χ1n) is 7.60. The van der Waals surface area contributed by atoms with Crippen LogP contribution in [0.15, 0.2) is 0 Å². The summed E-state index contributed by atoms with van der Waals surface area (Å²) in [4.78, 5) is 0. The highest BCUT2D eigenvalue weighted by Gasteiger charge is 2.42. The average Bonchev–Trinajstić information content (AvgIpc) is 3.21. The van der Waals surface area contributed by atoms with E-state index < -0.39 is 10.2 Å². The first-order chi connectivity index (χ1) is 9.11. The van der Waals surface area contributed by atoms with Crippen molar-refractivity contribution in [3.8, 4) is 0 Å². The van der Waals surface area contributed by atoms with Crippen LogP contribution in [0.1, 0.15) is 46.0 Å². The number of rotatable bonds is 7. The fraction of sp³-hybridized carbons (Fsp3) is 1.00. The fourth-order valence-electron chi connectivity index (χ4n) is 2.90. The van der Waals surface area contributed by atoms with Crippen molar-refractivity contribution in [1.29, 1.82) is 0 Å². The third kappa shape index (κ3) is 3.48. The summed E-state index contributed by atoms with van der Waals surface area (Å²) in [6.07, 6.45) is 5.16. The van der Waals surface area contributed by atoms with Crippen LogP contribution < -0.4 is 5.32 Å². The predicted octanol–water partition coefficient (Wildman–Crippen LogP) is 1.18. The molecule has 2 fully saturated rings. The van der Waals surface area contributed by atoms with Crippen LogP contribution in [0, 0.1) is 0 Å². The summed E-state index contributed by atoms with van der Waals surface area (Å²) in [5, 5.41) is 3.30. The number of hydrogen-bond acceptors (Lipinski definition) is 3. The van der Waals surface area contributed by atoms with E-state index in [0.29, 0.717) is 13.1 Å². The van der Waals surface area contributed by atoms with Crippen LogP contribution in [0.25, 0.3) is 0 Å². The monoisotopic (exact) mass is 289 g/mol. The summed E-state index contributed by atoms with van der Waals surface area (Å²) >= 11 is 0. The van der Waals surface area contributed by atoms with Crippen LogP contribution in [-0.4, -0.2) is 55.3 Å². The lowest BCUT2D eigenvalue weighted by molar-refractivity contribution is 0.226. The fourth-order valence-corrected chi connectivity index (χ4v) is 5.00. The maximum atomic E-state index is 12.8. The SMILES string of the molecule is CCNCC1CCCCN1S(=O)(=O)N(CC)C1CC1. The molecule has 5 nitrogen and oxygen atoms in total. The molecule has 6 heteroatoms. The van der Waals surface area contributed by atoms with Crippen molar-refractivity contribution in [1.82, 2.24) is 13.9 Å². The molecule has 1 unspecified atom stereocenters. The van der Waals surface area contributed by atoms with Crippen molar-refractivity contribution in [3.63, 3.8) is 0 Å². The molecule has 0 bridgehead atoms. The van der Waals surface area contributed by atoms with Crippen LogP contribution in [0.4, 0.5) is 0 Å². The van der Waals surface area contributed by atoms with E-state index in [9.17, 15) is 8.42 Å². The highest BCUT2D eigenvalue weighted by molar-refractivity contribution is 7.86. The molecule has 0 aromatic carbocycles. The molecule has 1 atom stereocenters. The molecular weight excluding hydrogens is 262 g/mol. The topological polar surface area (TPSA) is 52.7 Å². The van der Waals surface area contributed by atoms with E-state index in [-0.39, 0.29) is 12.1 Å². The van der Waals surface area contributed by atoms with E-state index in [2.05, 4.69) is 12.2 Å². The zero-order valence-corrected chi connectivity index (χ0v) is 13.0. The van der Waals surface area contributed by atoms with Crippen molar-refractivity contribution < 1.29 is 8.42 Å².